The summed E-state index contributed by atoms with van der Waals surface area (Å²) in [6.07, 6.45) is 7.86. The van der Waals surface area contributed by atoms with Crippen LogP contribution in [0.15, 0.2) is 29.2 Å². The Morgan fingerprint density at radius 1 is 1.25 bits per heavy atom. The van der Waals surface area contributed by atoms with Crippen LogP contribution in [0.25, 0.3) is 22.6 Å². The molecule has 4 rings (SSSR count). The average molecular weight is 380 g/mol. The molecule has 0 unspecified atom stereocenters. The summed E-state index contributed by atoms with van der Waals surface area (Å²) >= 11 is 0. The molecule has 28 heavy (non-hydrogen) atoms. The fourth-order valence-electron chi connectivity index (χ4n) is 4.13. The lowest BCUT2D eigenvalue weighted by atomic mass is 9.89. The van der Waals surface area contributed by atoms with Gasteiger partial charge in [0.05, 0.1) is 19.0 Å². The first-order valence-electron chi connectivity index (χ1n) is 10.2. The molecule has 148 valence electrons. The number of rotatable bonds is 5. The van der Waals surface area contributed by atoms with E-state index >= 15 is 0 Å². The molecule has 1 N–H and O–H groups in total. The number of aromatic amines is 1. The van der Waals surface area contributed by atoms with Crippen molar-refractivity contribution in [3.63, 3.8) is 0 Å². The summed E-state index contributed by atoms with van der Waals surface area (Å²) in [5, 5.41) is 0. The molecule has 2 heterocycles. The standard InChI is InChI=1S/C22H28N4O2/c1-14(2)16-9-10-19(28-3)17(11-16)18-12-23-20-21(24-18)26(22(27)25-20)13-15-7-5-4-6-8-15/h9-12,14-15H,4-8,13H2,1-3H3,(H,23,25,27). The number of H-pyrrole nitrogens is 1. The molecule has 1 aliphatic carbocycles. The number of fused-ring (bicyclic) bond motifs is 1. The van der Waals surface area contributed by atoms with Crippen molar-refractivity contribution >= 4 is 11.3 Å². The molecule has 1 aliphatic rings. The van der Waals surface area contributed by atoms with Crippen LogP contribution in [-0.2, 0) is 6.54 Å². The van der Waals surface area contributed by atoms with Gasteiger partial charge in [-0.3, -0.25) is 9.55 Å². The Kier molecular flexibility index (Phi) is 5.20. The van der Waals surface area contributed by atoms with Crippen molar-refractivity contribution in [1.29, 1.82) is 0 Å². The van der Waals surface area contributed by atoms with E-state index in [9.17, 15) is 4.79 Å². The van der Waals surface area contributed by atoms with Crippen molar-refractivity contribution in [3.05, 3.63) is 40.4 Å². The molecule has 0 atom stereocenters. The summed E-state index contributed by atoms with van der Waals surface area (Å²) < 4.78 is 7.32. The van der Waals surface area contributed by atoms with E-state index in [0.29, 0.717) is 29.7 Å². The van der Waals surface area contributed by atoms with Crippen molar-refractivity contribution in [2.24, 2.45) is 5.92 Å². The van der Waals surface area contributed by atoms with Crippen molar-refractivity contribution < 1.29 is 4.74 Å². The highest BCUT2D eigenvalue weighted by atomic mass is 16.5. The molecule has 3 aromatic rings. The summed E-state index contributed by atoms with van der Waals surface area (Å²) in [7, 11) is 1.66. The molecule has 0 bridgehead atoms. The monoisotopic (exact) mass is 380 g/mol. The van der Waals surface area contributed by atoms with Crippen LogP contribution in [0.4, 0.5) is 0 Å². The zero-order chi connectivity index (χ0) is 19.7. The van der Waals surface area contributed by atoms with Gasteiger partial charge < -0.3 is 4.74 Å². The second kappa shape index (κ2) is 7.78. The lowest BCUT2D eigenvalue weighted by molar-refractivity contribution is 0.319. The summed E-state index contributed by atoms with van der Waals surface area (Å²) in [4.78, 5) is 24.7. The van der Waals surface area contributed by atoms with Gasteiger partial charge in [-0.1, -0.05) is 39.2 Å². The van der Waals surface area contributed by atoms with Gasteiger partial charge in [0.1, 0.15) is 5.75 Å². The van der Waals surface area contributed by atoms with Gasteiger partial charge in [0, 0.05) is 12.1 Å². The second-order valence-electron chi connectivity index (χ2n) is 8.09. The van der Waals surface area contributed by atoms with Gasteiger partial charge in [0.15, 0.2) is 11.3 Å². The van der Waals surface area contributed by atoms with Crippen LogP contribution in [0.1, 0.15) is 57.4 Å². The van der Waals surface area contributed by atoms with E-state index in [0.717, 1.165) is 17.0 Å². The number of benzene rings is 1. The van der Waals surface area contributed by atoms with Crippen LogP contribution in [0.3, 0.4) is 0 Å². The van der Waals surface area contributed by atoms with Crippen LogP contribution < -0.4 is 10.4 Å². The minimum atomic E-state index is -0.124. The van der Waals surface area contributed by atoms with E-state index in [1.54, 1.807) is 17.9 Å². The van der Waals surface area contributed by atoms with E-state index in [1.807, 2.05) is 6.07 Å². The highest BCUT2D eigenvalue weighted by Crippen LogP contribution is 2.32. The summed E-state index contributed by atoms with van der Waals surface area (Å²) in [5.41, 5.74) is 3.89. The third-order valence-electron chi connectivity index (χ3n) is 5.81. The molecule has 0 saturated heterocycles. The normalized spacial score (nSPS) is 15.4. The van der Waals surface area contributed by atoms with Crippen LogP contribution in [0.5, 0.6) is 5.75 Å². The van der Waals surface area contributed by atoms with Crippen molar-refractivity contribution in [3.8, 4) is 17.0 Å². The molecule has 1 fully saturated rings. The SMILES string of the molecule is COc1ccc(C(C)C)cc1-c1cnc2[nH]c(=O)n(CC3CCCCC3)c2n1. The minimum Gasteiger partial charge on any atom is -0.496 e. The third kappa shape index (κ3) is 3.55. The first-order valence-corrected chi connectivity index (χ1v) is 10.2. The van der Waals surface area contributed by atoms with Crippen LogP contribution >= 0.6 is 0 Å². The van der Waals surface area contributed by atoms with Gasteiger partial charge in [0.25, 0.3) is 0 Å². The maximum atomic E-state index is 12.5. The van der Waals surface area contributed by atoms with Crippen LogP contribution in [0.2, 0.25) is 0 Å². The fourth-order valence-corrected chi connectivity index (χ4v) is 4.13. The Balaban J connectivity index is 1.78. The molecule has 1 saturated carbocycles. The number of nitrogens with one attached hydrogen (secondary N) is 1. The Hall–Kier alpha value is -2.63. The molecule has 6 heteroatoms. The number of hydrogen-bond acceptors (Lipinski definition) is 4. The van der Waals surface area contributed by atoms with Crippen LogP contribution in [-0.4, -0.2) is 26.6 Å². The predicted octanol–water partition coefficient (Wildman–Crippen LogP) is 4.50. The number of methoxy groups -OCH3 is 1. The van der Waals surface area contributed by atoms with Gasteiger partial charge in [-0.05, 0) is 42.4 Å². The van der Waals surface area contributed by atoms with Gasteiger partial charge in [-0.25, -0.2) is 14.8 Å². The zero-order valence-corrected chi connectivity index (χ0v) is 16.9. The fraction of sp³-hybridized carbons (Fsp3) is 0.500. The van der Waals surface area contributed by atoms with E-state index in [4.69, 9.17) is 9.72 Å². The van der Waals surface area contributed by atoms with Gasteiger partial charge in [0.2, 0.25) is 0 Å². The Morgan fingerprint density at radius 2 is 2.04 bits per heavy atom. The third-order valence-corrected chi connectivity index (χ3v) is 5.81. The molecule has 0 spiro atoms. The highest BCUT2D eigenvalue weighted by molar-refractivity contribution is 5.74. The van der Waals surface area contributed by atoms with Crippen molar-refractivity contribution in [1.82, 2.24) is 19.5 Å². The molecule has 1 aromatic carbocycles. The molecule has 0 amide bonds. The number of nitrogens with zero attached hydrogens (tertiary/aromatic N) is 3. The largest absolute Gasteiger partial charge is 0.496 e. The first kappa shape index (κ1) is 18.7. The minimum absolute atomic E-state index is 0.124. The summed E-state index contributed by atoms with van der Waals surface area (Å²) in [6.45, 7) is 5.03. The number of hydrogen-bond donors (Lipinski definition) is 1. The lowest BCUT2D eigenvalue weighted by Crippen LogP contribution is -2.23. The van der Waals surface area contributed by atoms with E-state index in [1.165, 1.54) is 37.7 Å². The zero-order valence-electron chi connectivity index (χ0n) is 16.9. The first-order chi connectivity index (χ1) is 13.6. The van der Waals surface area contributed by atoms with Gasteiger partial charge >= 0.3 is 5.69 Å². The molecule has 0 radical (unpaired) electrons. The Labute approximate surface area is 165 Å². The lowest BCUT2D eigenvalue weighted by Gasteiger charge is -2.21. The van der Waals surface area contributed by atoms with E-state index < -0.39 is 0 Å². The van der Waals surface area contributed by atoms with Crippen LogP contribution in [0, 0.1) is 5.92 Å². The predicted molar refractivity (Wildman–Crippen MR) is 111 cm³/mol. The second-order valence-corrected chi connectivity index (χ2v) is 8.09. The number of ether oxygens (including phenoxy) is 1. The molecule has 0 aliphatic heterocycles. The number of imidazole rings is 1. The molecule has 2 aromatic heterocycles. The maximum absolute atomic E-state index is 12.5. The smallest absolute Gasteiger partial charge is 0.328 e. The van der Waals surface area contributed by atoms with E-state index in [2.05, 4.69) is 35.9 Å². The molecule has 6 nitrogen and oxygen atoms in total. The Bertz CT molecular complexity index is 1030. The summed E-state index contributed by atoms with van der Waals surface area (Å²) in [5.74, 6) is 1.70. The maximum Gasteiger partial charge on any atom is 0.328 e. The number of aromatic nitrogens is 4. The van der Waals surface area contributed by atoms with Crippen molar-refractivity contribution in [2.45, 2.75) is 58.4 Å². The highest BCUT2D eigenvalue weighted by Gasteiger charge is 2.19. The molecular formula is C22H28N4O2. The van der Waals surface area contributed by atoms with E-state index in [-0.39, 0.29) is 5.69 Å². The average Bonchev–Trinajstić information content (AvgIpc) is 3.02. The van der Waals surface area contributed by atoms with Gasteiger partial charge in [-0.2, -0.15) is 0 Å². The molecular weight excluding hydrogens is 352 g/mol. The van der Waals surface area contributed by atoms with Crippen molar-refractivity contribution in [2.75, 3.05) is 7.11 Å². The Morgan fingerprint density at radius 3 is 2.75 bits per heavy atom. The van der Waals surface area contributed by atoms with Gasteiger partial charge in [-0.15, -0.1) is 0 Å². The quantitative estimate of drug-likeness (QED) is 0.707. The topological polar surface area (TPSA) is 72.8 Å². The summed E-state index contributed by atoms with van der Waals surface area (Å²) in [6, 6.07) is 6.16.